The molecule has 94 valence electrons. The Morgan fingerprint density at radius 1 is 1.33 bits per heavy atom. The average Bonchev–Trinajstić information content (AvgIpc) is 2.28. The van der Waals surface area contributed by atoms with Crippen molar-refractivity contribution in [3.05, 3.63) is 44.1 Å². The number of halogens is 1. The maximum absolute atomic E-state index is 12.2. The summed E-state index contributed by atoms with van der Waals surface area (Å²) in [5.74, 6) is 0.348. The fourth-order valence-corrected chi connectivity index (χ4v) is 2.36. The van der Waals surface area contributed by atoms with Crippen LogP contribution in [0.5, 0.6) is 0 Å². The van der Waals surface area contributed by atoms with E-state index in [4.69, 9.17) is 11.6 Å². The molecule has 2 aromatic rings. The molecule has 1 fully saturated rings. The van der Waals surface area contributed by atoms with E-state index < -0.39 is 5.69 Å². The van der Waals surface area contributed by atoms with Crippen LogP contribution in [0.2, 0.25) is 5.02 Å². The number of rotatable bonds is 2. The lowest BCUT2D eigenvalue weighted by Gasteiger charge is -2.27. The van der Waals surface area contributed by atoms with E-state index in [0.717, 1.165) is 13.1 Å². The molecule has 6 heteroatoms. The highest BCUT2D eigenvalue weighted by Gasteiger charge is 2.19. The quantitative estimate of drug-likeness (QED) is 0.834. The monoisotopic (exact) mass is 265 g/mol. The molecule has 5 nitrogen and oxygen atoms in total. The minimum absolute atomic E-state index is 0.275. The minimum Gasteiger partial charge on any atom is -0.316 e. The number of aromatic amines is 1. The van der Waals surface area contributed by atoms with E-state index in [1.54, 1.807) is 18.2 Å². The molecule has 2 heterocycles. The van der Waals surface area contributed by atoms with Crippen LogP contribution in [0.4, 0.5) is 0 Å². The van der Waals surface area contributed by atoms with Crippen molar-refractivity contribution in [3.8, 4) is 0 Å². The summed E-state index contributed by atoms with van der Waals surface area (Å²) in [6, 6.07) is 5.04. The van der Waals surface area contributed by atoms with Crippen LogP contribution >= 0.6 is 11.6 Å². The predicted octanol–water partition coefficient (Wildman–Crippen LogP) is 0.563. The number of para-hydroxylation sites is 1. The van der Waals surface area contributed by atoms with E-state index >= 15 is 0 Å². The molecule has 18 heavy (non-hydrogen) atoms. The van der Waals surface area contributed by atoms with Gasteiger partial charge in [0.25, 0.3) is 5.56 Å². The molecule has 1 aliphatic heterocycles. The number of benzene rings is 1. The molecule has 0 amide bonds. The summed E-state index contributed by atoms with van der Waals surface area (Å²) in [5.41, 5.74) is -0.257. The highest BCUT2D eigenvalue weighted by Crippen LogP contribution is 2.17. The van der Waals surface area contributed by atoms with Gasteiger partial charge in [-0.05, 0) is 12.1 Å². The second-order valence-corrected chi connectivity index (χ2v) is 4.94. The third-order valence-electron chi connectivity index (χ3n) is 3.27. The first kappa shape index (κ1) is 11.5. The van der Waals surface area contributed by atoms with Gasteiger partial charge in [-0.25, -0.2) is 4.79 Å². The molecule has 1 aliphatic rings. The van der Waals surface area contributed by atoms with Crippen LogP contribution in [0.3, 0.4) is 0 Å². The number of aromatic nitrogens is 2. The van der Waals surface area contributed by atoms with Crippen molar-refractivity contribution >= 4 is 22.5 Å². The number of nitrogens with one attached hydrogen (secondary N) is 2. The number of H-pyrrole nitrogens is 1. The Balaban J connectivity index is 2.20. The molecule has 0 saturated carbocycles. The zero-order valence-corrected chi connectivity index (χ0v) is 10.3. The lowest BCUT2D eigenvalue weighted by Crippen LogP contribution is -2.48. The van der Waals surface area contributed by atoms with E-state index in [1.165, 1.54) is 4.57 Å². The minimum atomic E-state index is -0.396. The second-order valence-electron chi connectivity index (χ2n) is 4.53. The first-order valence-corrected chi connectivity index (χ1v) is 6.16. The summed E-state index contributed by atoms with van der Waals surface area (Å²) in [5, 5.41) is 3.96. The van der Waals surface area contributed by atoms with Crippen LogP contribution in [-0.4, -0.2) is 22.6 Å². The Kier molecular flexibility index (Phi) is 2.72. The molecule has 0 radical (unpaired) electrons. The predicted molar refractivity (Wildman–Crippen MR) is 70.2 cm³/mol. The van der Waals surface area contributed by atoms with Crippen molar-refractivity contribution in [1.29, 1.82) is 0 Å². The highest BCUT2D eigenvalue weighted by atomic mass is 35.5. The van der Waals surface area contributed by atoms with E-state index in [-0.39, 0.29) is 5.56 Å². The fourth-order valence-electron chi connectivity index (χ4n) is 2.14. The Labute approximate surface area is 107 Å². The Bertz CT molecular complexity index is 715. The third-order valence-corrected chi connectivity index (χ3v) is 3.59. The molecular weight excluding hydrogens is 254 g/mol. The number of hydrogen-bond donors (Lipinski definition) is 2. The largest absolute Gasteiger partial charge is 0.328 e. The standard InChI is InChI=1S/C12H12ClN3O2/c13-9-3-1-2-8-10(9)15-12(18)16(11(8)17)6-7-4-14-5-7/h1-3,7,14H,4-6H2,(H,15,18). The summed E-state index contributed by atoms with van der Waals surface area (Å²) in [6.07, 6.45) is 0. The van der Waals surface area contributed by atoms with Gasteiger partial charge in [0.05, 0.1) is 15.9 Å². The van der Waals surface area contributed by atoms with Gasteiger partial charge in [-0.15, -0.1) is 0 Å². The van der Waals surface area contributed by atoms with Crippen molar-refractivity contribution in [1.82, 2.24) is 14.9 Å². The van der Waals surface area contributed by atoms with Gasteiger partial charge in [0.2, 0.25) is 0 Å². The first-order valence-electron chi connectivity index (χ1n) is 5.79. The van der Waals surface area contributed by atoms with Crippen molar-refractivity contribution in [2.75, 3.05) is 13.1 Å². The topological polar surface area (TPSA) is 66.9 Å². The normalized spacial score (nSPS) is 15.8. The van der Waals surface area contributed by atoms with Crippen LogP contribution in [0.1, 0.15) is 0 Å². The van der Waals surface area contributed by atoms with E-state index in [2.05, 4.69) is 10.3 Å². The van der Waals surface area contributed by atoms with Crippen LogP contribution < -0.4 is 16.6 Å². The van der Waals surface area contributed by atoms with Gasteiger partial charge in [-0.3, -0.25) is 9.36 Å². The summed E-state index contributed by atoms with van der Waals surface area (Å²) in [7, 11) is 0. The smallest absolute Gasteiger partial charge is 0.316 e. The first-order chi connectivity index (χ1) is 8.66. The van der Waals surface area contributed by atoms with Crippen molar-refractivity contribution in [2.45, 2.75) is 6.54 Å². The second kappa shape index (κ2) is 4.26. The number of nitrogens with zero attached hydrogens (tertiary/aromatic N) is 1. The molecule has 3 rings (SSSR count). The van der Waals surface area contributed by atoms with Crippen LogP contribution in [-0.2, 0) is 6.54 Å². The molecule has 1 aromatic heterocycles. The summed E-state index contributed by atoms with van der Waals surface area (Å²) in [4.78, 5) is 26.8. The zero-order chi connectivity index (χ0) is 12.7. The van der Waals surface area contributed by atoms with Crippen molar-refractivity contribution in [3.63, 3.8) is 0 Å². The van der Waals surface area contributed by atoms with Gasteiger partial charge >= 0.3 is 5.69 Å². The van der Waals surface area contributed by atoms with Crippen molar-refractivity contribution in [2.24, 2.45) is 5.92 Å². The Morgan fingerprint density at radius 3 is 2.78 bits per heavy atom. The zero-order valence-electron chi connectivity index (χ0n) is 9.57. The maximum atomic E-state index is 12.2. The van der Waals surface area contributed by atoms with Gasteiger partial charge in [-0.1, -0.05) is 17.7 Å². The maximum Gasteiger partial charge on any atom is 0.328 e. The summed E-state index contributed by atoms with van der Waals surface area (Å²) < 4.78 is 1.25. The fraction of sp³-hybridized carbons (Fsp3) is 0.333. The van der Waals surface area contributed by atoms with Crippen LogP contribution in [0, 0.1) is 5.92 Å². The molecule has 0 aliphatic carbocycles. The number of hydrogen-bond acceptors (Lipinski definition) is 3. The van der Waals surface area contributed by atoms with Gasteiger partial charge in [0.15, 0.2) is 0 Å². The van der Waals surface area contributed by atoms with E-state index in [9.17, 15) is 9.59 Å². The van der Waals surface area contributed by atoms with E-state index in [0.29, 0.717) is 28.4 Å². The summed E-state index contributed by atoms with van der Waals surface area (Å²) in [6.45, 7) is 2.14. The molecular formula is C12H12ClN3O2. The van der Waals surface area contributed by atoms with Crippen LogP contribution in [0.25, 0.3) is 10.9 Å². The molecule has 0 unspecified atom stereocenters. The van der Waals surface area contributed by atoms with Gasteiger partial charge < -0.3 is 10.3 Å². The molecule has 0 atom stereocenters. The van der Waals surface area contributed by atoms with Gasteiger partial charge in [0.1, 0.15) is 0 Å². The average molecular weight is 266 g/mol. The molecule has 1 saturated heterocycles. The Hall–Kier alpha value is -1.59. The lowest BCUT2D eigenvalue weighted by atomic mass is 10.0. The van der Waals surface area contributed by atoms with Crippen molar-refractivity contribution < 1.29 is 0 Å². The van der Waals surface area contributed by atoms with Gasteiger partial charge in [-0.2, -0.15) is 0 Å². The SMILES string of the molecule is O=c1[nH]c2c(Cl)cccc2c(=O)n1CC1CNC1. The molecule has 0 bridgehead atoms. The van der Waals surface area contributed by atoms with Gasteiger partial charge in [0, 0.05) is 25.6 Å². The lowest BCUT2D eigenvalue weighted by molar-refractivity contribution is 0.300. The third kappa shape index (κ3) is 1.76. The van der Waals surface area contributed by atoms with E-state index in [1.807, 2.05) is 0 Å². The molecule has 0 spiro atoms. The Morgan fingerprint density at radius 2 is 2.11 bits per heavy atom. The highest BCUT2D eigenvalue weighted by molar-refractivity contribution is 6.34. The molecule has 2 N–H and O–H groups in total. The molecule has 1 aromatic carbocycles. The summed E-state index contributed by atoms with van der Waals surface area (Å²) >= 11 is 5.97. The van der Waals surface area contributed by atoms with Crippen LogP contribution in [0.15, 0.2) is 27.8 Å². The number of fused-ring (bicyclic) bond motifs is 1.